The van der Waals surface area contributed by atoms with Crippen molar-refractivity contribution >= 4 is 29.0 Å². The van der Waals surface area contributed by atoms with Gasteiger partial charge in [0.05, 0.1) is 12.4 Å². The zero-order valence-electron chi connectivity index (χ0n) is 10.6. The molecule has 6 heteroatoms. The van der Waals surface area contributed by atoms with Crippen LogP contribution in [0.4, 0.5) is 11.5 Å². The summed E-state index contributed by atoms with van der Waals surface area (Å²) in [6.07, 6.45) is 2.92. The van der Waals surface area contributed by atoms with Gasteiger partial charge >= 0.3 is 0 Å². The van der Waals surface area contributed by atoms with Crippen LogP contribution in [0.5, 0.6) is 0 Å². The average molecular weight is 277 g/mol. The first kappa shape index (κ1) is 13.3. The molecule has 2 N–H and O–H groups in total. The number of halogens is 1. The second-order valence-electron chi connectivity index (χ2n) is 3.90. The zero-order chi connectivity index (χ0) is 13.8. The van der Waals surface area contributed by atoms with E-state index in [9.17, 15) is 4.79 Å². The van der Waals surface area contributed by atoms with Crippen molar-refractivity contribution in [2.75, 3.05) is 17.7 Å². The summed E-state index contributed by atoms with van der Waals surface area (Å²) in [5.41, 5.74) is 1.73. The number of nitrogens with one attached hydrogen (secondary N) is 2. The molecule has 0 aliphatic rings. The Labute approximate surface area is 116 Å². The monoisotopic (exact) mass is 276 g/mol. The molecule has 0 unspecified atom stereocenters. The van der Waals surface area contributed by atoms with Crippen molar-refractivity contribution in [3.05, 3.63) is 46.9 Å². The summed E-state index contributed by atoms with van der Waals surface area (Å²) in [6, 6.07) is 5.34. The van der Waals surface area contributed by atoms with Crippen molar-refractivity contribution in [2.45, 2.75) is 6.92 Å². The molecule has 0 aliphatic heterocycles. The van der Waals surface area contributed by atoms with E-state index in [0.717, 1.165) is 5.56 Å². The molecule has 2 aromatic rings. The topological polar surface area (TPSA) is 66.9 Å². The molecule has 2 rings (SSSR count). The highest BCUT2D eigenvalue weighted by Gasteiger charge is 2.10. The molecule has 1 aromatic heterocycles. The number of carbonyl (C=O) groups excluding carboxylic acids is 1. The van der Waals surface area contributed by atoms with Gasteiger partial charge in [0.1, 0.15) is 11.5 Å². The van der Waals surface area contributed by atoms with Crippen molar-refractivity contribution < 1.29 is 4.79 Å². The largest absolute Gasteiger partial charge is 0.372 e. The van der Waals surface area contributed by atoms with Gasteiger partial charge in [0.2, 0.25) is 0 Å². The van der Waals surface area contributed by atoms with Crippen LogP contribution in [0.2, 0.25) is 5.02 Å². The standard InChI is InChI=1S/C13H13ClN4O/c1-8-9(14)4-3-5-10(8)18-13(19)11-6-17-12(15-2)7-16-11/h3-7H,1-2H3,(H,15,17)(H,18,19). The Balaban J connectivity index is 2.18. The van der Waals surface area contributed by atoms with Gasteiger partial charge in [-0.1, -0.05) is 17.7 Å². The van der Waals surface area contributed by atoms with Crippen molar-refractivity contribution in [2.24, 2.45) is 0 Å². The van der Waals surface area contributed by atoms with Gasteiger partial charge < -0.3 is 10.6 Å². The van der Waals surface area contributed by atoms with Gasteiger partial charge in [-0.3, -0.25) is 4.79 Å². The fraction of sp³-hybridized carbons (Fsp3) is 0.154. The Morgan fingerprint density at radius 1 is 1.26 bits per heavy atom. The highest BCUT2D eigenvalue weighted by Crippen LogP contribution is 2.23. The van der Waals surface area contributed by atoms with Gasteiger partial charge in [0.15, 0.2) is 0 Å². The maximum Gasteiger partial charge on any atom is 0.275 e. The lowest BCUT2D eigenvalue weighted by molar-refractivity contribution is 0.102. The third-order valence-corrected chi connectivity index (χ3v) is 3.07. The molecule has 1 amide bonds. The molecule has 0 saturated carbocycles. The van der Waals surface area contributed by atoms with E-state index in [-0.39, 0.29) is 11.6 Å². The lowest BCUT2D eigenvalue weighted by Gasteiger charge is -2.09. The molecule has 5 nitrogen and oxygen atoms in total. The normalized spacial score (nSPS) is 10.1. The summed E-state index contributed by atoms with van der Waals surface area (Å²) < 4.78 is 0. The lowest BCUT2D eigenvalue weighted by atomic mass is 10.2. The van der Waals surface area contributed by atoms with E-state index in [0.29, 0.717) is 16.5 Å². The second kappa shape index (κ2) is 5.67. The van der Waals surface area contributed by atoms with E-state index in [2.05, 4.69) is 20.6 Å². The minimum Gasteiger partial charge on any atom is -0.372 e. The first-order valence-electron chi connectivity index (χ1n) is 5.68. The number of hydrogen-bond acceptors (Lipinski definition) is 4. The minimum absolute atomic E-state index is 0.248. The lowest BCUT2D eigenvalue weighted by Crippen LogP contribution is -2.15. The molecule has 19 heavy (non-hydrogen) atoms. The second-order valence-corrected chi connectivity index (χ2v) is 4.31. The zero-order valence-corrected chi connectivity index (χ0v) is 11.3. The molecule has 0 saturated heterocycles. The molecule has 0 spiro atoms. The van der Waals surface area contributed by atoms with E-state index in [4.69, 9.17) is 11.6 Å². The maximum atomic E-state index is 12.0. The highest BCUT2D eigenvalue weighted by molar-refractivity contribution is 6.31. The summed E-state index contributed by atoms with van der Waals surface area (Å²) in [7, 11) is 1.74. The van der Waals surface area contributed by atoms with Crippen LogP contribution >= 0.6 is 11.6 Å². The van der Waals surface area contributed by atoms with E-state index in [1.54, 1.807) is 25.2 Å². The van der Waals surface area contributed by atoms with Crippen molar-refractivity contribution in [1.82, 2.24) is 9.97 Å². The molecule has 0 bridgehead atoms. The number of amides is 1. The SMILES string of the molecule is CNc1cnc(C(=O)Nc2cccc(Cl)c2C)cn1. The van der Waals surface area contributed by atoms with Crippen molar-refractivity contribution in [3.63, 3.8) is 0 Å². The first-order valence-corrected chi connectivity index (χ1v) is 6.06. The third-order valence-electron chi connectivity index (χ3n) is 2.66. The van der Waals surface area contributed by atoms with Crippen LogP contribution in [0.3, 0.4) is 0 Å². The van der Waals surface area contributed by atoms with E-state index in [1.807, 2.05) is 6.92 Å². The molecule has 0 fully saturated rings. The molecular formula is C13H13ClN4O. The van der Waals surface area contributed by atoms with Gasteiger partial charge in [-0.15, -0.1) is 0 Å². The maximum absolute atomic E-state index is 12.0. The van der Waals surface area contributed by atoms with Gasteiger partial charge in [0.25, 0.3) is 5.91 Å². The summed E-state index contributed by atoms with van der Waals surface area (Å²) in [5, 5.41) is 6.20. The third kappa shape index (κ3) is 3.00. The van der Waals surface area contributed by atoms with E-state index >= 15 is 0 Å². The molecule has 0 radical (unpaired) electrons. The Morgan fingerprint density at radius 2 is 2.05 bits per heavy atom. The summed E-state index contributed by atoms with van der Waals surface area (Å²) in [6.45, 7) is 1.84. The van der Waals surface area contributed by atoms with Crippen LogP contribution in [0.1, 0.15) is 16.1 Å². The molecule has 0 aliphatic carbocycles. The van der Waals surface area contributed by atoms with Gasteiger partial charge in [-0.05, 0) is 24.6 Å². The molecule has 0 atom stereocenters. The predicted molar refractivity (Wildman–Crippen MR) is 75.7 cm³/mol. The molecule has 1 aromatic carbocycles. The van der Waals surface area contributed by atoms with Crippen LogP contribution in [-0.2, 0) is 0 Å². The number of hydrogen-bond donors (Lipinski definition) is 2. The Bertz CT molecular complexity index is 598. The summed E-state index contributed by atoms with van der Waals surface area (Å²) in [5.74, 6) is 0.288. The Morgan fingerprint density at radius 3 is 2.68 bits per heavy atom. The van der Waals surface area contributed by atoms with Gasteiger partial charge in [-0.25, -0.2) is 9.97 Å². The quantitative estimate of drug-likeness (QED) is 0.905. The van der Waals surface area contributed by atoms with E-state index < -0.39 is 0 Å². The molecule has 98 valence electrons. The van der Waals surface area contributed by atoms with E-state index in [1.165, 1.54) is 12.4 Å². The summed E-state index contributed by atoms with van der Waals surface area (Å²) in [4.78, 5) is 20.1. The smallest absolute Gasteiger partial charge is 0.275 e. The number of aromatic nitrogens is 2. The fourth-order valence-electron chi connectivity index (χ4n) is 1.50. The number of carbonyl (C=O) groups is 1. The predicted octanol–water partition coefficient (Wildman–Crippen LogP) is 2.73. The van der Waals surface area contributed by atoms with Crippen LogP contribution < -0.4 is 10.6 Å². The van der Waals surface area contributed by atoms with Crippen molar-refractivity contribution in [3.8, 4) is 0 Å². The highest BCUT2D eigenvalue weighted by atomic mass is 35.5. The van der Waals surface area contributed by atoms with Crippen LogP contribution in [-0.4, -0.2) is 22.9 Å². The van der Waals surface area contributed by atoms with Crippen LogP contribution in [0.25, 0.3) is 0 Å². The van der Waals surface area contributed by atoms with Crippen LogP contribution in [0, 0.1) is 6.92 Å². The number of benzene rings is 1. The van der Waals surface area contributed by atoms with Gasteiger partial charge in [-0.2, -0.15) is 0 Å². The Kier molecular flexibility index (Phi) is 3.97. The number of anilines is 2. The first-order chi connectivity index (χ1) is 9.11. The number of nitrogens with zero attached hydrogens (tertiary/aromatic N) is 2. The van der Waals surface area contributed by atoms with Gasteiger partial charge in [0, 0.05) is 17.8 Å². The average Bonchev–Trinajstić information content (AvgIpc) is 2.44. The molecular weight excluding hydrogens is 264 g/mol. The Hall–Kier alpha value is -2.14. The van der Waals surface area contributed by atoms with Crippen molar-refractivity contribution in [1.29, 1.82) is 0 Å². The fourth-order valence-corrected chi connectivity index (χ4v) is 1.68. The van der Waals surface area contributed by atoms with Crippen LogP contribution in [0.15, 0.2) is 30.6 Å². The minimum atomic E-state index is -0.319. The molecule has 1 heterocycles. The number of rotatable bonds is 3. The summed E-state index contributed by atoms with van der Waals surface area (Å²) >= 11 is 6.00.